The third-order valence-corrected chi connectivity index (χ3v) is 5.30. The number of halogens is 2. The zero-order valence-corrected chi connectivity index (χ0v) is 11.8. The second kappa shape index (κ2) is 4.69. The standard InChI is InChI=1S/C7H3Br2N3OS2/c8-3-1-4(14-6(3)9)7(13)11-5-2-10-12-15-5/h1-2H,(H,11,13). The number of nitrogens with zero attached hydrogens (tertiary/aromatic N) is 2. The molecule has 0 atom stereocenters. The van der Waals surface area contributed by atoms with Crippen molar-refractivity contribution >= 4 is 65.6 Å². The molecule has 0 aliphatic rings. The van der Waals surface area contributed by atoms with Crippen molar-refractivity contribution in [2.24, 2.45) is 0 Å². The maximum Gasteiger partial charge on any atom is 0.266 e. The average molecular weight is 369 g/mol. The van der Waals surface area contributed by atoms with Gasteiger partial charge >= 0.3 is 0 Å². The van der Waals surface area contributed by atoms with Gasteiger partial charge in [0.05, 0.1) is 14.9 Å². The van der Waals surface area contributed by atoms with Crippen LogP contribution in [0.5, 0.6) is 0 Å². The van der Waals surface area contributed by atoms with Crippen LogP contribution in [0.1, 0.15) is 9.67 Å². The van der Waals surface area contributed by atoms with Crippen LogP contribution < -0.4 is 5.32 Å². The lowest BCUT2D eigenvalue weighted by Crippen LogP contribution is -2.08. The van der Waals surface area contributed by atoms with Crippen LogP contribution in [0.25, 0.3) is 0 Å². The van der Waals surface area contributed by atoms with Gasteiger partial charge in [0, 0.05) is 16.0 Å². The van der Waals surface area contributed by atoms with Crippen LogP contribution in [0.2, 0.25) is 0 Å². The molecule has 0 aromatic carbocycles. The molecule has 1 amide bonds. The van der Waals surface area contributed by atoms with Gasteiger partial charge in [-0.3, -0.25) is 4.79 Å². The number of thiophene rings is 1. The van der Waals surface area contributed by atoms with Gasteiger partial charge in [-0.05, 0) is 37.9 Å². The normalized spacial score (nSPS) is 10.3. The minimum atomic E-state index is -0.155. The average Bonchev–Trinajstić information content (AvgIpc) is 2.78. The molecule has 8 heteroatoms. The quantitative estimate of drug-likeness (QED) is 0.883. The Morgan fingerprint density at radius 2 is 2.27 bits per heavy atom. The molecule has 15 heavy (non-hydrogen) atoms. The molecule has 0 saturated carbocycles. The third-order valence-electron chi connectivity index (χ3n) is 1.47. The predicted octanol–water partition coefficient (Wildman–Crippen LogP) is 3.38. The Kier molecular flexibility index (Phi) is 3.49. The van der Waals surface area contributed by atoms with Crippen molar-refractivity contribution in [3.63, 3.8) is 0 Å². The number of hydrogen-bond donors (Lipinski definition) is 1. The summed E-state index contributed by atoms with van der Waals surface area (Å²) in [6.45, 7) is 0. The van der Waals surface area contributed by atoms with Gasteiger partial charge in [0.25, 0.3) is 5.91 Å². The van der Waals surface area contributed by atoms with Crippen LogP contribution >= 0.6 is 54.7 Å². The van der Waals surface area contributed by atoms with Gasteiger partial charge in [0.2, 0.25) is 0 Å². The van der Waals surface area contributed by atoms with E-state index in [1.165, 1.54) is 17.5 Å². The van der Waals surface area contributed by atoms with Crippen LogP contribution in [0, 0.1) is 0 Å². The number of amides is 1. The summed E-state index contributed by atoms with van der Waals surface area (Å²) in [7, 11) is 0. The second-order valence-electron chi connectivity index (χ2n) is 2.47. The molecule has 4 nitrogen and oxygen atoms in total. The molecule has 2 rings (SSSR count). The van der Waals surface area contributed by atoms with E-state index in [0.717, 1.165) is 19.8 Å². The summed E-state index contributed by atoms with van der Waals surface area (Å²) in [5.74, 6) is -0.155. The van der Waals surface area contributed by atoms with E-state index >= 15 is 0 Å². The molecule has 0 fully saturated rings. The van der Waals surface area contributed by atoms with E-state index in [2.05, 4.69) is 46.8 Å². The molecule has 2 aromatic heterocycles. The molecule has 0 aliphatic heterocycles. The van der Waals surface area contributed by atoms with Crippen LogP contribution in [-0.4, -0.2) is 15.5 Å². The lowest BCUT2D eigenvalue weighted by molar-refractivity contribution is 0.103. The lowest BCUT2D eigenvalue weighted by atomic mass is 10.4. The summed E-state index contributed by atoms with van der Waals surface area (Å²) in [6.07, 6.45) is 1.51. The number of nitrogens with one attached hydrogen (secondary N) is 1. The van der Waals surface area contributed by atoms with Gasteiger partial charge in [0.1, 0.15) is 5.00 Å². The van der Waals surface area contributed by atoms with E-state index < -0.39 is 0 Å². The number of aromatic nitrogens is 2. The van der Waals surface area contributed by atoms with Crippen molar-refractivity contribution in [2.45, 2.75) is 0 Å². The summed E-state index contributed by atoms with van der Waals surface area (Å²) < 4.78 is 5.43. The number of hydrogen-bond acceptors (Lipinski definition) is 5. The van der Waals surface area contributed by atoms with Crippen LogP contribution in [0.4, 0.5) is 5.00 Å². The first-order valence-corrected chi connectivity index (χ1v) is 6.88. The fraction of sp³-hybridized carbons (Fsp3) is 0. The Hall–Kier alpha value is -0.310. The topological polar surface area (TPSA) is 54.9 Å². The first kappa shape index (κ1) is 11.2. The Bertz CT molecular complexity index is 463. The molecular weight excluding hydrogens is 366 g/mol. The summed E-state index contributed by atoms with van der Waals surface area (Å²) in [5.41, 5.74) is 0. The Morgan fingerprint density at radius 3 is 2.80 bits per heavy atom. The first-order chi connectivity index (χ1) is 7.16. The molecule has 0 radical (unpaired) electrons. The molecule has 0 bridgehead atoms. The Balaban J connectivity index is 2.15. The fourth-order valence-corrected chi connectivity index (χ4v) is 3.20. The van der Waals surface area contributed by atoms with E-state index in [1.54, 1.807) is 6.07 Å². The molecule has 2 heterocycles. The highest BCUT2D eigenvalue weighted by atomic mass is 79.9. The van der Waals surface area contributed by atoms with Crippen LogP contribution in [0.3, 0.4) is 0 Å². The summed E-state index contributed by atoms with van der Waals surface area (Å²) in [5, 5.41) is 6.97. The first-order valence-electron chi connectivity index (χ1n) is 3.70. The van der Waals surface area contributed by atoms with Gasteiger partial charge in [-0.25, -0.2) is 0 Å². The zero-order chi connectivity index (χ0) is 10.8. The van der Waals surface area contributed by atoms with Gasteiger partial charge in [-0.15, -0.1) is 16.4 Å². The number of anilines is 1. The highest BCUT2D eigenvalue weighted by Crippen LogP contribution is 2.32. The van der Waals surface area contributed by atoms with E-state index in [4.69, 9.17) is 0 Å². The molecule has 1 N–H and O–H groups in total. The van der Waals surface area contributed by atoms with Gasteiger partial charge in [-0.2, -0.15) is 0 Å². The van der Waals surface area contributed by atoms with E-state index in [-0.39, 0.29) is 5.91 Å². The van der Waals surface area contributed by atoms with Gasteiger partial charge < -0.3 is 5.32 Å². The van der Waals surface area contributed by atoms with Gasteiger partial charge in [-0.1, -0.05) is 4.49 Å². The second-order valence-corrected chi connectivity index (χ2v) is 6.48. The molecule has 2 aromatic rings. The highest BCUT2D eigenvalue weighted by Gasteiger charge is 2.12. The van der Waals surface area contributed by atoms with Gasteiger partial charge in [0.15, 0.2) is 0 Å². The van der Waals surface area contributed by atoms with Crippen molar-refractivity contribution in [3.05, 3.63) is 25.4 Å². The maximum absolute atomic E-state index is 11.7. The summed E-state index contributed by atoms with van der Waals surface area (Å²) in [4.78, 5) is 12.3. The molecule has 78 valence electrons. The van der Waals surface area contributed by atoms with Crippen LogP contribution in [0.15, 0.2) is 20.5 Å². The Labute approximate surface area is 110 Å². The summed E-state index contributed by atoms with van der Waals surface area (Å²) in [6, 6.07) is 1.76. The minimum absolute atomic E-state index is 0.155. The van der Waals surface area contributed by atoms with E-state index in [1.807, 2.05) is 0 Å². The van der Waals surface area contributed by atoms with Crippen molar-refractivity contribution in [2.75, 3.05) is 5.32 Å². The smallest absolute Gasteiger partial charge is 0.266 e. The minimum Gasteiger partial charge on any atom is -0.310 e. The molecule has 0 aliphatic carbocycles. The van der Waals surface area contributed by atoms with Crippen LogP contribution in [-0.2, 0) is 0 Å². The number of carbonyl (C=O) groups excluding carboxylic acids is 1. The number of rotatable bonds is 2. The Morgan fingerprint density at radius 1 is 1.47 bits per heavy atom. The molecule has 0 spiro atoms. The molecular formula is C7H3Br2N3OS2. The van der Waals surface area contributed by atoms with Crippen molar-refractivity contribution < 1.29 is 4.79 Å². The summed E-state index contributed by atoms with van der Waals surface area (Å²) >= 11 is 9.17. The monoisotopic (exact) mass is 367 g/mol. The van der Waals surface area contributed by atoms with E-state index in [0.29, 0.717) is 9.88 Å². The highest BCUT2D eigenvalue weighted by molar-refractivity contribution is 9.13. The maximum atomic E-state index is 11.7. The number of carbonyl (C=O) groups is 1. The molecule has 0 saturated heterocycles. The lowest BCUT2D eigenvalue weighted by Gasteiger charge is -1.96. The molecule has 0 unspecified atom stereocenters. The predicted molar refractivity (Wildman–Crippen MR) is 67.6 cm³/mol. The van der Waals surface area contributed by atoms with E-state index in [9.17, 15) is 4.79 Å². The van der Waals surface area contributed by atoms with Crippen molar-refractivity contribution in [1.29, 1.82) is 0 Å². The fourth-order valence-electron chi connectivity index (χ4n) is 0.854. The SMILES string of the molecule is O=C(Nc1cnns1)c1cc(Br)c(Br)s1. The van der Waals surface area contributed by atoms with Crippen molar-refractivity contribution in [1.82, 2.24) is 9.59 Å². The third kappa shape index (κ3) is 2.63. The largest absolute Gasteiger partial charge is 0.310 e. The van der Waals surface area contributed by atoms with Crippen molar-refractivity contribution in [3.8, 4) is 0 Å². The zero-order valence-electron chi connectivity index (χ0n) is 7.03.